The van der Waals surface area contributed by atoms with Crippen molar-refractivity contribution >= 4 is 22.6 Å². The highest BCUT2D eigenvalue weighted by Crippen LogP contribution is 2.25. The molecule has 19 heavy (non-hydrogen) atoms. The molecule has 0 aliphatic rings. The summed E-state index contributed by atoms with van der Waals surface area (Å²) in [5, 5.41) is 7.62. The summed E-state index contributed by atoms with van der Waals surface area (Å²) in [5.74, 6) is 0.212. The molecule has 0 aliphatic heterocycles. The molecule has 0 aliphatic carbocycles. The van der Waals surface area contributed by atoms with Gasteiger partial charge in [-0.15, -0.1) is 0 Å². The van der Waals surface area contributed by atoms with Gasteiger partial charge in [-0.05, 0) is 12.1 Å². The van der Waals surface area contributed by atoms with Crippen LogP contribution in [0.5, 0.6) is 0 Å². The summed E-state index contributed by atoms with van der Waals surface area (Å²) in [6, 6.07) is 5.82. The summed E-state index contributed by atoms with van der Waals surface area (Å²) in [5.41, 5.74) is 8.86. The number of aromatic nitrogens is 6. The average Bonchev–Trinajstić information content (AvgIpc) is 3.04. The lowest BCUT2D eigenvalue weighted by molar-refractivity contribution is 1.09. The zero-order chi connectivity index (χ0) is 12.8. The van der Waals surface area contributed by atoms with E-state index in [0.717, 1.165) is 22.4 Å². The Hall–Kier alpha value is -2.96. The highest BCUT2D eigenvalue weighted by atomic mass is 15.2. The molecule has 4 aromatic heterocycles. The van der Waals surface area contributed by atoms with Crippen molar-refractivity contribution in [1.82, 2.24) is 29.5 Å². The number of hydrogen-bond donors (Lipinski definition) is 2. The Balaban J connectivity index is 2.14. The number of nitrogens with two attached hydrogens (primary N) is 1. The first kappa shape index (κ1) is 10.0. The van der Waals surface area contributed by atoms with E-state index in [4.69, 9.17) is 5.73 Å². The van der Waals surface area contributed by atoms with E-state index in [1.807, 2.05) is 28.8 Å². The fraction of sp³-hybridized carbons (Fsp3) is 0. The Morgan fingerprint density at radius 2 is 2.16 bits per heavy atom. The fourth-order valence-electron chi connectivity index (χ4n) is 2.19. The van der Waals surface area contributed by atoms with Crippen LogP contribution in [0.3, 0.4) is 0 Å². The number of imidazole rings is 1. The molecule has 0 atom stereocenters. The number of nitrogens with one attached hydrogen (secondary N) is 1. The maximum absolute atomic E-state index is 5.75. The van der Waals surface area contributed by atoms with E-state index in [0.29, 0.717) is 5.65 Å². The molecule has 7 nitrogen and oxygen atoms in total. The van der Waals surface area contributed by atoms with Gasteiger partial charge in [0.25, 0.3) is 0 Å². The molecule has 0 saturated heterocycles. The molecule has 0 fully saturated rings. The van der Waals surface area contributed by atoms with Crippen molar-refractivity contribution in [1.29, 1.82) is 0 Å². The van der Waals surface area contributed by atoms with Crippen LogP contribution in [0.2, 0.25) is 0 Å². The highest BCUT2D eigenvalue weighted by molar-refractivity contribution is 5.90. The standard InChI is InChI=1S/C12H9N7/c13-12-16-10(7-6-15-18-11(7)17-12)8-2-1-3-9-14-4-5-19(8)9/h1-6H,(H3,13,15,16,17,18). The normalized spacial score (nSPS) is 11.4. The summed E-state index contributed by atoms with van der Waals surface area (Å²) < 4.78 is 1.95. The van der Waals surface area contributed by atoms with E-state index in [1.54, 1.807) is 12.4 Å². The van der Waals surface area contributed by atoms with Gasteiger partial charge in [-0.2, -0.15) is 10.1 Å². The molecule has 0 bridgehead atoms. The van der Waals surface area contributed by atoms with Crippen molar-refractivity contribution in [2.24, 2.45) is 0 Å². The van der Waals surface area contributed by atoms with Crippen LogP contribution in [0.4, 0.5) is 5.95 Å². The molecule has 92 valence electrons. The molecule has 0 saturated carbocycles. The van der Waals surface area contributed by atoms with Gasteiger partial charge in [0.05, 0.1) is 17.3 Å². The first-order valence-corrected chi connectivity index (χ1v) is 5.72. The molecule has 0 radical (unpaired) electrons. The third-order valence-corrected chi connectivity index (χ3v) is 3.00. The van der Waals surface area contributed by atoms with Crippen molar-refractivity contribution in [3.05, 3.63) is 36.8 Å². The van der Waals surface area contributed by atoms with Gasteiger partial charge in [0, 0.05) is 12.4 Å². The second kappa shape index (κ2) is 3.52. The zero-order valence-corrected chi connectivity index (χ0v) is 9.78. The Labute approximate surface area is 107 Å². The third-order valence-electron chi connectivity index (χ3n) is 3.00. The first-order valence-electron chi connectivity index (χ1n) is 5.72. The average molecular weight is 251 g/mol. The predicted molar refractivity (Wildman–Crippen MR) is 70.3 cm³/mol. The fourth-order valence-corrected chi connectivity index (χ4v) is 2.19. The minimum Gasteiger partial charge on any atom is -0.368 e. The van der Waals surface area contributed by atoms with E-state index < -0.39 is 0 Å². The number of anilines is 1. The van der Waals surface area contributed by atoms with Crippen molar-refractivity contribution in [2.75, 3.05) is 5.73 Å². The molecule has 0 amide bonds. The van der Waals surface area contributed by atoms with Crippen LogP contribution < -0.4 is 5.73 Å². The van der Waals surface area contributed by atoms with E-state index >= 15 is 0 Å². The van der Waals surface area contributed by atoms with Crippen LogP contribution in [0, 0.1) is 0 Å². The van der Waals surface area contributed by atoms with Gasteiger partial charge in [0.1, 0.15) is 11.3 Å². The second-order valence-corrected chi connectivity index (χ2v) is 4.13. The van der Waals surface area contributed by atoms with Gasteiger partial charge in [0.15, 0.2) is 5.65 Å². The van der Waals surface area contributed by atoms with Gasteiger partial charge in [-0.3, -0.25) is 9.50 Å². The van der Waals surface area contributed by atoms with Crippen LogP contribution in [-0.2, 0) is 0 Å². The summed E-state index contributed by atoms with van der Waals surface area (Å²) in [6.45, 7) is 0. The lowest BCUT2D eigenvalue weighted by Gasteiger charge is -2.06. The summed E-state index contributed by atoms with van der Waals surface area (Å²) in [6.07, 6.45) is 5.32. The number of nitrogen functional groups attached to an aromatic ring is 1. The molecule has 4 rings (SSSR count). The minimum atomic E-state index is 0.212. The molecule has 0 unspecified atom stereocenters. The van der Waals surface area contributed by atoms with Crippen molar-refractivity contribution in [3.63, 3.8) is 0 Å². The van der Waals surface area contributed by atoms with Crippen LogP contribution in [0.1, 0.15) is 0 Å². The number of pyridine rings is 1. The molecule has 4 heterocycles. The Bertz CT molecular complexity index is 889. The maximum Gasteiger partial charge on any atom is 0.222 e. The van der Waals surface area contributed by atoms with Crippen LogP contribution in [0.15, 0.2) is 36.8 Å². The molecule has 7 heteroatoms. The monoisotopic (exact) mass is 251 g/mol. The maximum atomic E-state index is 5.75. The summed E-state index contributed by atoms with van der Waals surface area (Å²) >= 11 is 0. The summed E-state index contributed by atoms with van der Waals surface area (Å²) in [4.78, 5) is 12.7. The van der Waals surface area contributed by atoms with Crippen LogP contribution in [0.25, 0.3) is 28.1 Å². The number of nitrogens with zero attached hydrogens (tertiary/aromatic N) is 5. The number of hydrogen-bond acceptors (Lipinski definition) is 5. The first-order chi connectivity index (χ1) is 9.33. The largest absolute Gasteiger partial charge is 0.368 e. The van der Waals surface area contributed by atoms with Gasteiger partial charge >= 0.3 is 0 Å². The number of rotatable bonds is 1. The molecular formula is C12H9N7. The zero-order valence-electron chi connectivity index (χ0n) is 9.78. The van der Waals surface area contributed by atoms with Crippen LogP contribution in [-0.4, -0.2) is 29.5 Å². The van der Waals surface area contributed by atoms with Gasteiger partial charge in [-0.1, -0.05) is 6.07 Å². The van der Waals surface area contributed by atoms with E-state index in [1.165, 1.54) is 0 Å². The summed E-state index contributed by atoms with van der Waals surface area (Å²) in [7, 11) is 0. The number of H-pyrrole nitrogens is 1. The Morgan fingerprint density at radius 1 is 1.21 bits per heavy atom. The van der Waals surface area contributed by atoms with Gasteiger partial charge < -0.3 is 5.73 Å². The lowest BCUT2D eigenvalue weighted by atomic mass is 10.2. The molecule has 0 aromatic carbocycles. The topological polar surface area (TPSA) is 97.8 Å². The van der Waals surface area contributed by atoms with Crippen molar-refractivity contribution < 1.29 is 0 Å². The second-order valence-electron chi connectivity index (χ2n) is 4.13. The molecular weight excluding hydrogens is 242 g/mol. The van der Waals surface area contributed by atoms with Gasteiger partial charge in [0.2, 0.25) is 5.95 Å². The molecule has 4 aromatic rings. The SMILES string of the molecule is Nc1nc(-c2cccc3nccn23)c2cn[nH]c2n1. The Kier molecular flexibility index (Phi) is 1.85. The number of aromatic amines is 1. The van der Waals surface area contributed by atoms with Crippen molar-refractivity contribution in [2.45, 2.75) is 0 Å². The van der Waals surface area contributed by atoms with E-state index in [9.17, 15) is 0 Å². The minimum absolute atomic E-state index is 0.212. The van der Waals surface area contributed by atoms with E-state index in [2.05, 4.69) is 25.1 Å². The smallest absolute Gasteiger partial charge is 0.222 e. The highest BCUT2D eigenvalue weighted by Gasteiger charge is 2.12. The predicted octanol–water partition coefficient (Wildman–Crippen LogP) is 1.25. The van der Waals surface area contributed by atoms with Gasteiger partial charge in [-0.25, -0.2) is 9.97 Å². The van der Waals surface area contributed by atoms with Crippen LogP contribution >= 0.6 is 0 Å². The van der Waals surface area contributed by atoms with Crippen molar-refractivity contribution in [3.8, 4) is 11.4 Å². The lowest BCUT2D eigenvalue weighted by Crippen LogP contribution is -2.00. The number of fused-ring (bicyclic) bond motifs is 2. The quantitative estimate of drug-likeness (QED) is 0.530. The Morgan fingerprint density at radius 3 is 3.11 bits per heavy atom. The molecule has 3 N–H and O–H groups in total. The third kappa shape index (κ3) is 1.38. The van der Waals surface area contributed by atoms with E-state index in [-0.39, 0.29) is 5.95 Å². The molecule has 0 spiro atoms.